The third kappa shape index (κ3) is 4.33. The van der Waals surface area contributed by atoms with Crippen molar-refractivity contribution in [1.82, 2.24) is 0 Å². The van der Waals surface area contributed by atoms with Gasteiger partial charge in [0.25, 0.3) is 0 Å². The van der Waals surface area contributed by atoms with E-state index in [1.165, 1.54) is 33.4 Å². The molecule has 0 fully saturated rings. The first kappa shape index (κ1) is 20.3. The van der Waals surface area contributed by atoms with Crippen LogP contribution in [0, 0.1) is 0 Å². The van der Waals surface area contributed by atoms with E-state index in [0.29, 0.717) is 0 Å². The molecule has 1 unspecified atom stereocenters. The Kier molecular flexibility index (Phi) is 6.98. The van der Waals surface area contributed by atoms with Gasteiger partial charge >= 0.3 is 0 Å². The first-order valence-corrected chi connectivity index (χ1v) is 9.79. The minimum Gasteiger partial charge on any atom is -0.153 e. The van der Waals surface area contributed by atoms with E-state index in [-0.39, 0.29) is 9.90 Å². The van der Waals surface area contributed by atoms with Crippen molar-refractivity contribution in [2.45, 2.75) is 0 Å². The van der Waals surface area contributed by atoms with E-state index in [0.717, 1.165) is 4.47 Å². The molecule has 28 heavy (non-hydrogen) atoms. The van der Waals surface area contributed by atoms with Crippen molar-refractivity contribution in [3.63, 3.8) is 0 Å². The molecule has 4 rings (SSSR count). The van der Waals surface area contributed by atoms with E-state index in [9.17, 15) is 0 Å². The van der Waals surface area contributed by atoms with Gasteiger partial charge in [0.05, 0.1) is 0 Å². The Morgan fingerprint density at radius 1 is 0.429 bits per heavy atom. The fourth-order valence-electron chi connectivity index (χ4n) is 3.37. The lowest BCUT2D eigenvalue weighted by molar-refractivity contribution is 1.48. The molecule has 0 nitrogen and oxygen atoms in total. The summed E-state index contributed by atoms with van der Waals surface area (Å²) in [5.74, 6) is 0. The van der Waals surface area contributed by atoms with Gasteiger partial charge in [-0.05, 0) is 39.5 Å². The number of halogens is 1. The molecule has 0 bridgehead atoms. The molecule has 0 N–H and O–H groups in total. The van der Waals surface area contributed by atoms with Crippen LogP contribution in [0.3, 0.4) is 0 Å². The van der Waals surface area contributed by atoms with E-state index in [4.69, 9.17) is 0 Å². The van der Waals surface area contributed by atoms with Crippen molar-refractivity contribution in [2.24, 2.45) is 0 Å². The zero-order valence-electron chi connectivity index (χ0n) is 15.6. The highest BCUT2D eigenvalue weighted by atomic mass is 79.9. The van der Waals surface area contributed by atoms with Gasteiger partial charge in [0, 0.05) is 4.47 Å². The number of benzene rings is 4. The van der Waals surface area contributed by atoms with Gasteiger partial charge in [-0.3, -0.25) is 0 Å². The van der Waals surface area contributed by atoms with Crippen LogP contribution in [0.4, 0.5) is 0 Å². The molecule has 0 aromatic heterocycles. The number of hydrogen-bond acceptors (Lipinski definition) is 0. The average molecular weight is 445 g/mol. The molecule has 4 aromatic carbocycles. The van der Waals surface area contributed by atoms with Gasteiger partial charge < -0.3 is 0 Å². The largest absolute Gasteiger partial charge is 0.153 e. The molecule has 2 heteroatoms. The second-order valence-corrected chi connectivity index (χ2v) is 7.18. The summed E-state index contributed by atoms with van der Waals surface area (Å²) in [6.45, 7) is 0. The smallest absolute Gasteiger partial charge is 0.0254 e. The van der Waals surface area contributed by atoms with Gasteiger partial charge in [-0.15, -0.1) is 0 Å². The SMILES string of the molecule is Brc1ccccc1C(=C(c1ccccc1)c1ccccc1)c1ccccc1.P. The van der Waals surface area contributed by atoms with E-state index < -0.39 is 0 Å². The second-order valence-electron chi connectivity index (χ2n) is 6.33. The third-order valence-electron chi connectivity index (χ3n) is 4.58. The zero-order valence-corrected chi connectivity index (χ0v) is 18.6. The van der Waals surface area contributed by atoms with Gasteiger partial charge in [0.15, 0.2) is 0 Å². The van der Waals surface area contributed by atoms with Crippen molar-refractivity contribution in [3.05, 3.63) is 142 Å². The predicted molar refractivity (Wildman–Crippen MR) is 130 cm³/mol. The van der Waals surface area contributed by atoms with Crippen LogP contribution < -0.4 is 0 Å². The Morgan fingerprint density at radius 3 is 1.21 bits per heavy atom. The van der Waals surface area contributed by atoms with Crippen LogP contribution in [0.15, 0.2) is 120 Å². The summed E-state index contributed by atoms with van der Waals surface area (Å²) < 4.78 is 1.09. The van der Waals surface area contributed by atoms with Gasteiger partial charge in [-0.25, -0.2) is 0 Å². The van der Waals surface area contributed by atoms with Gasteiger partial charge in [0.1, 0.15) is 0 Å². The molecule has 0 amide bonds. The van der Waals surface area contributed by atoms with Gasteiger partial charge in [0.2, 0.25) is 0 Å². The van der Waals surface area contributed by atoms with Crippen LogP contribution in [0.5, 0.6) is 0 Å². The van der Waals surface area contributed by atoms with E-state index in [1.807, 2.05) is 0 Å². The molecule has 0 aliphatic heterocycles. The van der Waals surface area contributed by atoms with E-state index >= 15 is 0 Å². The molecule has 0 aliphatic carbocycles. The van der Waals surface area contributed by atoms with Crippen molar-refractivity contribution in [3.8, 4) is 0 Å². The number of rotatable bonds is 4. The van der Waals surface area contributed by atoms with Crippen molar-refractivity contribution in [2.75, 3.05) is 0 Å². The number of hydrogen-bond donors (Lipinski definition) is 0. The summed E-state index contributed by atoms with van der Waals surface area (Å²) in [6.07, 6.45) is 0. The molecule has 138 valence electrons. The lowest BCUT2D eigenvalue weighted by Crippen LogP contribution is -1.98. The second kappa shape index (κ2) is 9.64. The maximum absolute atomic E-state index is 3.77. The van der Waals surface area contributed by atoms with Gasteiger partial charge in [-0.2, -0.15) is 9.90 Å². The molecule has 0 spiro atoms. The molecule has 0 saturated carbocycles. The highest BCUT2D eigenvalue weighted by molar-refractivity contribution is 9.10. The molecular weight excluding hydrogens is 423 g/mol. The molecule has 0 radical (unpaired) electrons. The highest BCUT2D eigenvalue weighted by Crippen LogP contribution is 2.39. The Bertz CT molecular complexity index is 1010. The first-order chi connectivity index (χ1) is 13.3. The Balaban J connectivity index is 0.00000225. The maximum Gasteiger partial charge on any atom is 0.0254 e. The standard InChI is InChI=1S/C26H19Br.H3P/c27-24-19-11-10-18-23(24)26(22-16-8-3-9-17-22)25(20-12-4-1-5-13-20)21-14-6-2-7-15-21;/h1-19H;1H3. The lowest BCUT2D eigenvalue weighted by atomic mass is 9.86. The summed E-state index contributed by atoms with van der Waals surface area (Å²) in [4.78, 5) is 0. The molecule has 0 heterocycles. The van der Waals surface area contributed by atoms with E-state index in [2.05, 4.69) is 131 Å². The molecule has 4 aromatic rings. The third-order valence-corrected chi connectivity index (χ3v) is 5.27. The Labute approximate surface area is 178 Å². The van der Waals surface area contributed by atoms with Crippen LogP contribution in [-0.4, -0.2) is 0 Å². The van der Waals surface area contributed by atoms with Crippen LogP contribution >= 0.6 is 25.8 Å². The fraction of sp³-hybridized carbons (Fsp3) is 0. The van der Waals surface area contributed by atoms with Crippen LogP contribution in [0.2, 0.25) is 0 Å². The predicted octanol–water partition coefficient (Wildman–Crippen LogP) is 7.51. The molecular formula is C26H22BrP. The minimum atomic E-state index is 0. The average Bonchev–Trinajstić information content (AvgIpc) is 2.74. The highest BCUT2D eigenvalue weighted by Gasteiger charge is 2.17. The maximum atomic E-state index is 3.77. The summed E-state index contributed by atoms with van der Waals surface area (Å²) in [6, 6.07) is 40.3. The molecule has 0 aliphatic rings. The quantitative estimate of drug-likeness (QED) is 0.225. The summed E-state index contributed by atoms with van der Waals surface area (Å²) in [5, 5.41) is 0. The van der Waals surface area contributed by atoms with Crippen LogP contribution in [0.25, 0.3) is 11.1 Å². The Morgan fingerprint density at radius 2 is 0.786 bits per heavy atom. The summed E-state index contributed by atoms with van der Waals surface area (Å²) in [5.41, 5.74) is 7.25. The van der Waals surface area contributed by atoms with Gasteiger partial charge in [-0.1, -0.05) is 125 Å². The van der Waals surface area contributed by atoms with Crippen LogP contribution in [-0.2, 0) is 0 Å². The molecule has 0 saturated heterocycles. The zero-order chi connectivity index (χ0) is 18.5. The van der Waals surface area contributed by atoms with Crippen molar-refractivity contribution in [1.29, 1.82) is 0 Å². The summed E-state index contributed by atoms with van der Waals surface area (Å²) in [7, 11) is 0. The molecule has 1 atom stereocenters. The topological polar surface area (TPSA) is 0 Å². The lowest BCUT2D eigenvalue weighted by Gasteiger charge is -2.19. The fourth-order valence-corrected chi connectivity index (χ4v) is 3.85. The monoisotopic (exact) mass is 444 g/mol. The van der Waals surface area contributed by atoms with Crippen molar-refractivity contribution >= 4 is 37.0 Å². The van der Waals surface area contributed by atoms with Crippen LogP contribution in [0.1, 0.15) is 22.3 Å². The summed E-state index contributed by atoms with van der Waals surface area (Å²) >= 11 is 3.77. The minimum absolute atomic E-state index is 0. The van der Waals surface area contributed by atoms with E-state index in [1.54, 1.807) is 0 Å². The Hall–Kier alpha value is -2.47. The van der Waals surface area contributed by atoms with Crippen molar-refractivity contribution < 1.29 is 0 Å². The normalized spacial score (nSPS) is 10.0. The first-order valence-electron chi connectivity index (χ1n) is 9.00.